The summed E-state index contributed by atoms with van der Waals surface area (Å²) < 4.78 is 0. The molecular weight excluding hydrogens is 238 g/mol. The molecule has 1 fully saturated rings. The normalized spacial score (nSPS) is 16.8. The molecule has 0 N–H and O–H groups in total. The number of carbonyl (C=O) groups is 1. The summed E-state index contributed by atoms with van der Waals surface area (Å²) in [7, 11) is 0. The van der Waals surface area contributed by atoms with E-state index in [0.717, 1.165) is 51.9 Å². The van der Waals surface area contributed by atoms with Gasteiger partial charge in [-0.3, -0.25) is 4.79 Å². The van der Waals surface area contributed by atoms with Crippen LogP contribution in [0, 0.1) is 16.7 Å². The summed E-state index contributed by atoms with van der Waals surface area (Å²) in [6, 6.07) is 2.25. The molecular formula is C15H27N3O. The van der Waals surface area contributed by atoms with E-state index in [-0.39, 0.29) is 5.91 Å². The summed E-state index contributed by atoms with van der Waals surface area (Å²) in [5.41, 5.74) is -0.689. The number of amides is 1. The van der Waals surface area contributed by atoms with Gasteiger partial charge in [-0.05, 0) is 52.2 Å². The van der Waals surface area contributed by atoms with Gasteiger partial charge in [-0.25, -0.2) is 0 Å². The maximum absolute atomic E-state index is 12.4. The number of hydrogen-bond acceptors (Lipinski definition) is 3. The summed E-state index contributed by atoms with van der Waals surface area (Å²) >= 11 is 0. The molecule has 1 aliphatic rings. The van der Waals surface area contributed by atoms with Gasteiger partial charge in [-0.15, -0.1) is 0 Å². The molecule has 0 aliphatic heterocycles. The van der Waals surface area contributed by atoms with Gasteiger partial charge in [-0.2, -0.15) is 5.26 Å². The predicted octanol–water partition coefficient (Wildman–Crippen LogP) is 2.26. The molecule has 0 unspecified atom stereocenters. The van der Waals surface area contributed by atoms with Crippen LogP contribution >= 0.6 is 0 Å². The quantitative estimate of drug-likeness (QED) is 0.676. The first-order chi connectivity index (χ1) is 9.13. The van der Waals surface area contributed by atoms with Crippen LogP contribution in [0.25, 0.3) is 0 Å². The van der Waals surface area contributed by atoms with Gasteiger partial charge in [-0.1, -0.05) is 13.8 Å². The average Bonchev–Trinajstić information content (AvgIpc) is 2.38. The van der Waals surface area contributed by atoms with E-state index in [1.165, 1.54) is 0 Å². The lowest BCUT2D eigenvalue weighted by Crippen LogP contribution is -2.47. The summed E-state index contributed by atoms with van der Waals surface area (Å²) in [6.07, 6.45) is 3.49. The topological polar surface area (TPSA) is 47.3 Å². The van der Waals surface area contributed by atoms with E-state index in [9.17, 15) is 10.1 Å². The lowest BCUT2D eigenvalue weighted by Gasteiger charge is -2.38. The lowest BCUT2D eigenvalue weighted by molar-refractivity contribution is -0.142. The molecule has 19 heavy (non-hydrogen) atoms. The fourth-order valence-electron chi connectivity index (χ4n) is 2.63. The molecule has 1 aliphatic carbocycles. The monoisotopic (exact) mass is 265 g/mol. The van der Waals surface area contributed by atoms with Crippen LogP contribution in [-0.4, -0.2) is 48.4 Å². The van der Waals surface area contributed by atoms with E-state index < -0.39 is 5.41 Å². The van der Waals surface area contributed by atoms with Crippen LogP contribution in [0.3, 0.4) is 0 Å². The first kappa shape index (κ1) is 16.0. The minimum atomic E-state index is -0.689. The molecule has 4 heteroatoms. The highest BCUT2D eigenvalue weighted by atomic mass is 16.2. The molecule has 4 nitrogen and oxygen atoms in total. The Labute approximate surface area is 117 Å². The second kappa shape index (κ2) is 7.49. The zero-order valence-corrected chi connectivity index (χ0v) is 12.6. The van der Waals surface area contributed by atoms with Crippen LogP contribution in [0.15, 0.2) is 0 Å². The number of nitrogens with zero attached hydrogens (tertiary/aromatic N) is 3. The Morgan fingerprint density at radius 3 is 2.16 bits per heavy atom. The third-order valence-corrected chi connectivity index (χ3v) is 4.30. The number of rotatable bonds is 8. The van der Waals surface area contributed by atoms with Crippen LogP contribution in [0.2, 0.25) is 0 Å². The second-order valence-corrected chi connectivity index (χ2v) is 5.31. The van der Waals surface area contributed by atoms with Crippen molar-refractivity contribution in [2.24, 2.45) is 5.41 Å². The molecule has 0 atom stereocenters. The number of nitriles is 1. The Kier molecular flexibility index (Phi) is 6.30. The molecule has 0 bridgehead atoms. The van der Waals surface area contributed by atoms with Gasteiger partial charge in [0.2, 0.25) is 5.91 Å². The van der Waals surface area contributed by atoms with Gasteiger partial charge in [0.05, 0.1) is 6.07 Å². The summed E-state index contributed by atoms with van der Waals surface area (Å²) in [4.78, 5) is 16.6. The molecule has 0 aromatic heterocycles. The van der Waals surface area contributed by atoms with Crippen molar-refractivity contribution >= 4 is 5.91 Å². The molecule has 0 heterocycles. The van der Waals surface area contributed by atoms with E-state index in [2.05, 4.69) is 24.8 Å². The van der Waals surface area contributed by atoms with Gasteiger partial charge >= 0.3 is 0 Å². The lowest BCUT2D eigenvalue weighted by atomic mass is 9.69. The van der Waals surface area contributed by atoms with Gasteiger partial charge in [0.25, 0.3) is 0 Å². The molecule has 1 amide bonds. The van der Waals surface area contributed by atoms with Crippen molar-refractivity contribution in [3.8, 4) is 6.07 Å². The average molecular weight is 265 g/mol. The van der Waals surface area contributed by atoms with Crippen molar-refractivity contribution < 1.29 is 4.79 Å². The zero-order chi connectivity index (χ0) is 14.3. The van der Waals surface area contributed by atoms with Crippen molar-refractivity contribution in [3.63, 3.8) is 0 Å². The first-order valence-electron chi connectivity index (χ1n) is 7.56. The van der Waals surface area contributed by atoms with E-state index in [0.29, 0.717) is 6.54 Å². The Hall–Kier alpha value is -1.08. The maximum Gasteiger partial charge on any atom is 0.243 e. The van der Waals surface area contributed by atoms with Gasteiger partial charge in [0, 0.05) is 13.1 Å². The third kappa shape index (κ3) is 3.70. The minimum Gasteiger partial charge on any atom is -0.342 e. The molecule has 108 valence electrons. The molecule has 0 saturated heterocycles. The Morgan fingerprint density at radius 1 is 1.16 bits per heavy atom. The number of hydrogen-bond donors (Lipinski definition) is 0. The predicted molar refractivity (Wildman–Crippen MR) is 76.6 cm³/mol. The zero-order valence-electron chi connectivity index (χ0n) is 12.6. The van der Waals surface area contributed by atoms with Crippen molar-refractivity contribution in [2.75, 3.05) is 32.7 Å². The Bertz CT molecular complexity index is 327. The molecule has 1 rings (SSSR count). The van der Waals surface area contributed by atoms with Crippen molar-refractivity contribution in [3.05, 3.63) is 0 Å². The minimum absolute atomic E-state index is 0.0586. The van der Waals surface area contributed by atoms with Gasteiger partial charge in [0.1, 0.15) is 5.41 Å². The van der Waals surface area contributed by atoms with E-state index in [1.54, 1.807) is 0 Å². The van der Waals surface area contributed by atoms with Gasteiger partial charge in [0.15, 0.2) is 0 Å². The highest BCUT2D eigenvalue weighted by Crippen LogP contribution is 2.41. The first-order valence-corrected chi connectivity index (χ1v) is 7.56. The molecule has 1 saturated carbocycles. The second-order valence-electron chi connectivity index (χ2n) is 5.31. The van der Waals surface area contributed by atoms with Crippen LogP contribution < -0.4 is 0 Å². The standard InChI is InChI=1S/C15H27N3O/c1-4-17(5-2)11-8-12-18(6-3)14(19)15(13-16)9-7-10-15/h4-12H2,1-3H3. The Balaban J connectivity index is 2.45. The summed E-state index contributed by atoms with van der Waals surface area (Å²) in [6.45, 7) is 10.9. The smallest absolute Gasteiger partial charge is 0.243 e. The fourth-order valence-corrected chi connectivity index (χ4v) is 2.63. The highest BCUT2D eigenvalue weighted by Gasteiger charge is 2.46. The highest BCUT2D eigenvalue weighted by molar-refractivity contribution is 5.86. The van der Waals surface area contributed by atoms with Crippen molar-refractivity contribution in [1.82, 2.24) is 9.80 Å². The van der Waals surface area contributed by atoms with Gasteiger partial charge < -0.3 is 9.80 Å². The van der Waals surface area contributed by atoms with E-state index >= 15 is 0 Å². The van der Waals surface area contributed by atoms with Crippen molar-refractivity contribution in [1.29, 1.82) is 5.26 Å². The van der Waals surface area contributed by atoms with Crippen molar-refractivity contribution in [2.45, 2.75) is 46.5 Å². The molecule has 0 aromatic carbocycles. The van der Waals surface area contributed by atoms with E-state index in [4.69, 9.17) is 0 Å². The largest absolute Gasteiger partial charge is 0.342 e. The fraction of sp³-hybridized carbons (Fsp3) is 0.867. The summed E-state index contributed by atoms with van der Waals surface area (Å²) in [5, 5.41) is 9.24. The maximum atomic E-state index is 12.4. The van der Waals surface area contributed by atoms with Crippen LogP contribution in [0.4, 0.5) is 0 Å². The Morgan fingerprint density at radius 2 is 1.79 bits per heavy atom. The summed E-state index contributed by atoms with van der Waals surface area (Å²) in [5.74, 6) is 0.0586. The SMILES string of the molecule is CCN(CC)CCCN(CC)C(=O)C1(C#N)CCC1. The molecule has 0 radical (unpaired) electrons. The van der Waals surface area contributed by atoms with Crippen LogP contribution in [0.1, 0.15) is 46.5 Å². The van der Waals surface area contributed by atoms with Crippen LogP contribution in [-0.2, 0) is 4.79 Å². The molecule has 0 spiro atoms. The van der Waals surface area contributed by atoms with E-state index in [1.807, 2.05) is 11.8 Å². The molecule has 0 aromatic rings. The van der Waals surface area contributed by atoms with Crippen LogP contribution in [0.5, 0.6) is 0 Å². The third-order valence-electron chi connectivity index (χ3n) is 4.30. The number of carbonyl (C=O) groups excluding carboxylic acids is 1.